The van der Waals surface area contributed by atoms with Gasteiger partial charge in [-0.15, -0.1) is 0 Å². The molecule has 0 saturated carbocycles. The number of methoxy groups -OCH3 is 1. The maximum atomic E-state index is 14.6. The second kappa shape index (κ2) is 9.07. The summed E-state index contributed by atoms with van der Waals surface area (Å²) < 4.78 is 19.8. The number of carbonyl (C=O) groups is 2. The fourth-order valence-electron chi connectivity index (χ4n) is 4.05. The second-order valence-electron chi connectivity index (χ2n) is 7.33. The lowest BCUT2D eigenvalue weighted by Gasteiger charge is -2.41. The molecule has 2 aromatic rings. The highest BCUT2D eigenvalue weighted by Crippen LogP contribution is 2.38. The van der Waals surface area contributed by atoms with Crippen molar-refractivity contribution in [1.29, 1.82) is 0 Å². The van der Waals surface area contributed by atoms with Crippen molar-refractivity contribution in [3.05, 3.63) is 65.5 Å². The zero-order valence-corrected chi connectivity index (χ0v) is 17.1. The summed E-state index contributed by atoms with van der Waals surface area (Å²) in [6, 6.07) is 13.4. The van der Waals surface area contributed by atoms with Crippen molar-refractivity contribution in [1.82, 2.24) is 9.80 Å². The van der Waals surface area contributed by atoms with E-state index in [1.54, 1.807) is 42.2 Å². The summed E-state index contributed by atoms with van der Waals surface area (Å²) in [4.78, 5) is 29.1. The molecule has 0 bridgehead atoms. The van der Waals surface area contributed by atoms with E-state index in [4.69, 9.17) is 4.74 Å². The lowest BCUT2D eigenvalue weighted by molar-refractivity contribution is -0.147. The number of carbonyl (C=O) groups excluding carboxylic acids is 2. The minimum atomic E-state index is -0.590. The number of ether oxygens (including phenoxy) is 1. The fraction of sp³-hybridized carbons (Fsp3) is 0.391. The lowest BCUT2D eigenvalue weighted by atomic mass is 9.83. The van der Waals surface area contributed by atoms with Crippen LogP contribution in [-0.2, 0) is 16.1 Å². The molecule has 2 aromatic carbocycles. The first-order valence-corrected chi connectivity index (χ1v) is 9.88. The van der Waals surface area contributed by atoms with Crippen LogP contribution < -0.4 is 4.74 Å². The van der Waals surface area contributed by atoms with Crippen LogP contribution in [0.4, 0.5) is 4.39 Å². The molecule has 2 amide bonds. The molecule has 0 N–H and O–H groups in total. The van der Waals surface area contributed by atoms with Crippen LogP contribution in [-0.4, -0.2) is 42.3 Å². The standard InChI is InChI=1S/C23H27FN2O3/c1-4-26-21(27)14-13-19(22(26)18-7-5-6-8-20(18)24)23(28)25(2)15-16-9-11-17(29-3)12-10-16/h5-12,19,22H,4,13-15H2,1-3H3/t19-,22+/m1/s1. The van der Waals surface area contributed by atoms with Crippen molar-refractivity contribution in [3.63, 3.8) is 0 Å². The van der Waals surface area contributed by atoms with Gasteiger partial charge in [0.05, 0.1) is 19.1 Å². The molecular weight excluding hydrogens is 371 g/mol. The van der Waals surface area contributed by atoms with Crippen molar-refractivity contribution in [3.8, 4) is 5.75 Å². The quantitative estimate of drug-likeness (QED) is 0.744. The van der Waals surface area contributed by atoms with Gasteiger partial charge in [-0.2, -0.15) is 0 Å². The molecule has 1 fully saturated rings. The Hall–Kier alpha value is -2.89. The SMILES string of the molecule is CCN1C(=O)CC[C@@H](C(=O)N(C)Cc2ccc(OC)cc2)[C@@H]1c1ccccc1F. The minimum Gasteiger partial charge on any atom is -0.497 e. The summed E-state index contributed by atoms with van der Waals surface area (Å²) in [5.41, 5.74) is 1.38. The topological polar surface area (TPSA) is 49.9 Å². The molecule has 3 rings (SSSR count). The van der Waals surface area contributed by atoms with Crippen LogP contribution in [0.5, 0.6) is 5.75 Å². The fourth-order valence-corrected chi connectivity index (χ4v) is 4.05. The summed E-state index contributed by atoms with van der Waals surface area (Å²) in [7, 11) is 3.36. The number of piperidine rings is 1. The number of hydrogen-bond acceptors (Lipinski definition) is 3. The van der Waals surface area contributed by atoms with E-state index in [2.05, 4.69) is 0 Å². The van der Waals surface area contributed by atoms with Crippen LogP contribution in [0.1, 0.15) is 36.9 Å². The van der Waals surface area contributed by atoms with Crippen LogP contribution in [0.15, 0.2) is 48.5 Å². The first-order valence-electron chi connectivity index (χ1n) is 9.88. The first-order chi connectivity index (χ1) is 14.0. The van der Waals surface area contributed by atoms with Crippen molar-refractivity contribution < 1.29 is 18.7 Å². The minimum absolute atomic E-state index is 0.0392. The third-order valence-corrected chi connectivity index (χ3v) is 5.54. The Morgan fingerprint density at radius 3 is 2.52 bits per heavy atom. The number of hydrogen-bond donors (Lipinski definition) is 0. The highest BCUT2D eigenvalue weighted by atomic mass is 19.1. The Morgan fingerprint density at radius 2 is 1.90 bits per heavy atom. The Kier molecular flexibility index (Phi) is 6.52. The third kappa shape index (κ3) is 4.42. The molecular formula is C23H27FN2O3. The van der Waals surface area contributed by atoms with Crippen LogP contribution in [0, 0.1) is 11.7 Å². The molecule has 5 nitrogen and oxygen atoms in total. The van der Waals surface area contributed by atoms with Crippen LogP contribution in [0.2, 0.25) is 0 Å². The second-order valence-corrected chi connectivity index (χ2v) is 7.33. The Labute approximate surface area is 171 Å². The molecule has 2 atom stereocenters. The average Bonchev–Trinajstić information content (AvgIpc) is 2.74. The van der Waals surface area contributed by atoms with Gasteiger partial charge in [0, 0.05) is 32.1 Å². The monoisotopic (exact) mass is 398 g/mol. The Morgan fingerprint density at radius 1 is 1.21 bits per heavy atom. The number of halogens is 1. The normalized spacial score (nSPS) is 19.2. The maximum Gasteiger partial charge on any atom is 0.228 e. The predicted octanol–water partition coefficient (Wildman–Crippen LogP) is 3.79. The van der Waals surface area contributed by atoms with Gasteiger partial charge in [-0.1, -0.05) is 30.3 Å². The van der Waals surface area contributed by atoms with Gasteiger partial charge in [0.2, 0.25) is 11.8 Å². The van der Waals surface area contributed by atoms with E-state index in [0.29, 0.717) is 31.5 Å². The largest absolute Gasteiger partial charge is 0.497 e. The molecule has 1 saturated heterocycles. The molecule has 0 radical (unpaired) electrons. The van der Waals surface area contributed by atoms with Gasteiger partial charge in [0.25, 0.3) is 0 Å². The molecule has 1 aliphatic heterocycles. The zero-order chi connectivity index (χ0) is 21.0. The number of benzene rings is 2. The number of rotatable bonds is 6. The molecule has 0 aliphatic carbocycles. The van der Waals surface area contributed by atoms with E-state index in [9.17, 15) is 14.0 Å². The molecule has 0 unspecified atom stereocenters. The van der Waals surface area contributed by atoms with Gasteiger partial charge in [0.1, 0.15) is 11.6 Å². The van der Waals surface area contributed by atoms with Crippen molar-refractivity contribution in [2.75, 3.05) is 20.7 Å². The number of amides is 2. The molecule has 0 spiro atoms. The van der Waals surface area contributed by atoms with Crippen molar-refractivity contribution in [2.45, 2.75) is 32.4 Å². The van der Waals surface area contributed by atoms with Gasteiger partial charge in [-0.3, -0.25) is 9.59 Å². The van der Waals surface area contributed by atoms with Gasteiger partial charge < -0.3 is 14.5 Å². The summed E-state index contributed by atoms with van der Waals surface area (Å²) in [6.45, 7) is 2.73. The highest BCUT2D eigenvalue weighted by Gasteiger charge is 2.42. The molecule has 0 aromatic heterocycles. The van der Waals surface area contributed by atoms with Gasteiger partial charge >= 0.3 is 0 Å². The third-order valence-electron chi connectivity index (χ3n) is 5.54. The molecule has 1 heterocycles. The molecule has 154 valence electrons. The van der Waals surface area contributed by atoms with Crippen molar-refractivity contribution >= 4 is 11.8 Å². The molecule has 6 heteroatoms. The van der Waals surface area contributed by atoms with Gasteiger partial charge in [-0.25, -0.2) is 4.39 Å². The van der Waals surface area contributed by atoms with Crippen LogP contribution in [0.25, 0.3) is 0 Å². The first kappa shape index (κ1) is 20.8. The van der Waals surface area contributed by atoms with E-state index in [1.165, 1.54) is 6.07 Å². The van der Waals surface area contributed by atoms with E-state index in [-0.39, 0.29) is 17.6 Å². The van der Waals surface area contributed by atoms with Gasteiger partial charge in [-0.05, 0) is 37.1 Å². The average molecular weight is 398 g/mol. The van der Waals surface area contributed by atoms with Crippen LogP contribution in [0.3, 0.4) is 0 Å². The predicted molar refractivity (Wildman–Crippen MR) is 109 cm³/mol. The smallest absolute Gasteiger partial charge is 0.228 e. The zero-order valence-electron chi connectivity index (χ0n) is 17.1. The molecule has 29 heavy (non-hydrogen) atoms. The van der Waals surface area contributed by atoms with Crippen molar-refractivity contribution in [2.24, 2.45) is 5.92 Å². The maximum absolute atomic E-state index is 14.6. The van der Waals surface area contributed by atoms with Crippen LogP contribution >= 0.6 is 0 Å². The summed E-state index contributed by atoms with van der Waals surface area (Å²) in [5.74, 6) is -0.233. The highest BCUT2D eigenvalue weighted by molar-refractivity contribution is 5.85. The molecule has 1 aliphatic rings. The summed E-state index contributed by atoms with van der Waals surface area (Å²) in [5, 5.41) is 0. The van der Waals surface area contributed by atoms with E-state index < -0.39 is 12.0 Å². The number of likely N-dealkylation sites (tertiary alicyclic amines) is 1. The Balaban J connectivity index is 1.85. The summed E-state index contributed by atoms with van der Waals surface area (Å²) >= 11 is 0. The van der Waals surface area contributed by atoms with E-state index in [0.717, 1.165) is 11.3 Å². The number of nitrogens with zero attached hydrogens (tertiary/aromatic N) is 2. The lowest BCUT2D eigenvalue weighted by Crippen LogP contribution is -2.48. The van der Waals surface area contributed by atoms with E-state index >= 15 is 0 Å². The van der Waals surface area contributed by atoms with E-state index in [1.807, 2.05) is 31.2 Å². The van der Waals surface area contributed by atoms with Gasteiger partial charge in [0.15, 0.2) is 0 Å². The Bertz CT molecular complexity index is 869. The summed E-state index contributed by atoms with van der Waals surface area (Å²) in [6.07, 6.45) is 0.714.